The molecule has 0 aliphatic rings. The lowest BCUT2D eigenvalue weighted by atomic mass is 10.2. The van der Waals surface area contributed by atoms with Gasteiger partial charge in [0.15, 0.2) is 0 Å². The van der Waals surface area contributed by atoms with Crippen molar-refractivity contribution in [3.8, 4) is 5.69 Å². The number of hydrogen-bond donors (Lipinski definition) is 2. The van der Waals surface area contributed by atoms with Crippen molar-refractivity contribution < 1.29 is 14.1 Å². The monoisotopic (exact) mass is 385 g/mol. The lowest BCUT2D eigenvalue weighted by molar-refractivity contribution is -0.387. The molecule has 0 saturated carbocycles. The highest BCUT2D eigenvalue weighted by atomic mass is 19.1. The van der Waals surface area contributed by atoms with Crippen molar-refractivity contribution in [2.45, 2.75) is 6.92 Å². The highest BCUT2D eigenvalue weighted by Crippen LogP contribution is 2.22. The molecule has 0 radical (unpaired) electrons. The molecule has 1 heterocycles. The van der Waals surface area contributed by atoms with Gasteiger partial charge in [-0.15, -0.1) is 0 Å². The fraction of sp³-hybridized carbons (Fsp3) is 0.111. The van der Waals surface area contributed by atoms with Gasteiger partial charge in [0.25, 0.3) is 5.56 Å². The van der Waals surface area contributed by atoms with Crippen LogP contribution in [0.2, 0.25) is 0 Å². The minimum atomic E-state index is -1.01. The largest absolute Gasteiger partial charge is 0.323 e. The molecule has 0 spiro atoms. The summed E-state index contributed by atoms with van der Waals surface area (Å²) in [6, 6.07) is 11.1. The van der Waals surface area contributed by atoms with Crippen LogP contribution in [-0.4, -0.2) is 20.3 Å². The van der Waals surface area contributed by atoms with Crippen LogP contribution >= 0.6 is 0 Å². The van der Waals surface area contributed by atoms with Crippen LogP contribution in [0.5, 0.6) is 0 Å². The van der Waals surface area contributed by atoms with E-state index in [0.717, 1.165) is 12.1 Å². The first-order valence-corrected chi connectivity index (χ1v) is 8.15. The number of nitro groups is 1. The van der Waals surface area contributed by atoms with Gasteiger partial charge in [-0.05, 0) is 31.2 Å². The van der Waals surface area contributed by atoms with Gasteiger partial charge in [-0.1, -0.05) is 18.2 Å². The topological polar surface area (TPSA) is 111 Å². The standard InChI is InChI=1S/C18H16FN5O4/c1-11-16(17(25)23(22(11)2)13-6-4-3-5-7-13)21-18(26)20-12-8-9-14(19)15(10-12)24(27)28/h3-10H,1-2H3,(H2,20,21,26). The number of halogens is 1. The molecule has 0 aliphatic carbocycles. The molecule has 0 atom stereocenters. The highest BCUT2D eigenvalue weighted by Gasteiger charge is 2.19. The number of urea groups is 1. The van der Waals surface area contributed by atoms with Crippen LogP contribution in [0.1, 0.15) is 5.69 Å². The first kappa shape index (κ1) is 18.8. The average molecular weight is 385 g/mol. The van der Waals surface area contributed by atoms with Gasteiger partial charge in [0.1, 0.15) is 5.69 Å². The number of anilines is 2. The molecule has 2 amide bonds. The van der Waals surface area contributed by atoms with E-state index in [2.05, 4.69) is 10.6 Å². The van der Waals surface area contributed by atoms with Gasteiger partial charge >= 0.3 is 11.7 Å². The summed E-state index contributed by atoms with van der Waals surface area (Å²) < 4.78 is 16.4. The molecule has 2 N–H and O–H groups in total. The first-order valence-electron chi connectivity index (χ1n) is 8.15. The molecule has 2 aromatic carbocycles. The van der Waals surface area contributed by atoms with E-state index in [1.54, 1.807) is 42.9 Å². The Morgan fingerprint density at radius 3 is 2.46 bits per heavy atom. The predicted octanol–water partition coefficient (Wildman–Crippen LogP) is 3.18. The second-order valence-corrected chi connectivity index (χ2v) is 5.94. The molecule has 9 nitrogen and oxygen atoms in total. The normalized spacial score (nSPS) is 10.5. The third-order valence-electron chi connectivity index (χ3n) is 4.19. The summed E-state index contributed by atoms with van der Waals surface area (Å²) in [7, 11) is 1.68. The summed E-state index contributed by atoms with van der Waals surface area (Å²) in [6.07, 6.45) is 0. The smallest absolute Gasteiger partial charge is 0.307 e. The zero-order valence-corrected chi connectivity index (χ0v) is 15.0. The van der Waals surface area contributed by atoms with Crippen molar-refractivity contribution in [3.05, 3.63) is 80.5 Å². The minimum Gasteiger partial charge on any atom is -0.307 e. The second-order valence-electron chi connectivity index (χ2n) is 5.94. The maximum absolute atomic E-state index is 13.4. The van der Waals surface area contributed by atoms with Crippen molar-refractivity contribution in [1.82, 2.24) is 9.36 Å². The fourth-order valence-corrected chi connectivity index (χ4v) is 2.72. The van der Waals surface area contributed by atoms with E-state index in [9.17, 15) is 24.1 Å². The van der Waals surface area contributed by atoms with Gasteiger partial charge in [0.05, 0.1) is 16.3 Å². The minimum absolute atomic E-state index is 0.0163. The number of aromatic nitrogens is 2. The van der Waals surface area contributed by atoms with E-state index in [1.165, 1.54) is 10.7 Å². The van der Waals surface area contributed by atoms with Crippen LogP contribution < -0.4 is 16.2 Å². The molecule has 10 heteroatoms. The average Bonchev–Trinajstić information content (AvgIpc) is 2.87. The van der Waals surface area contributed by atoms with Gasteiger partial charge in [-0.3, -0.25) is 19.6 Å². The van der Waals surface area contributed by atoms with Gasteiger partial charge in [-0.25, -0.2) is 9.48 Å². The zero-order valence-electron chi connectivity index (χ0n) is 15.0. The first-order chi connectivity index (χ1) is 13.3. The molecule has 0 unspecified atom stereocenters. The Morgan fingerprint density at radius 2 is 1.82 bits per heavy atom. The molecule has 0 fully saturated rings. The quantitative estimate of drug-likeness (QED) is 0.531. The Bertz CT molecular complexity index is 1120. The molecule has 144 valence electrons. The highest BCUT2D eigenvalue weighted by molar-refractivity contribution is 6.00. The molecular weight excluding hydrogens is 369 g/mol. The third kappa shape index (κ3) is 3.47. The Hall–Kier alpha value is -3.95. The number of amides is 2. The van der Waals surface area contributed by atoms with Crippen LogP contribution in [0.15, 0.2) is 53.3 Å². The van der Waals surface area contributed by atoms with Crippen LogP contribution in [0, 0.1) is 22.9 Å². The Morgan fingerprint density at radius 1 is 1.14 bits per heavy atom. The van der Waals surface area contributed by atoms with Gasteiger partial charge in [0, 0.05) is 18.8 Å². The summed E-state index contributed by atoms with van der Waals surface area (Å²) in [5.74, 6) is -1.01. The van der Waals surface area contributed by atoms with Crippen molar-refractivity contribution >= 4 is 23.1 Å². The summed E-state index contributed by atoms with van der Waals surface area (Å²) in [6.45, 7) is 1.67. The number of nitrogens with zero attached hydrogens (tertiary/aromatic N) is 3. The molecule has 0 bridgehead atoms. The van der Waals surface area contributed by atoms with Crippen molar-refractivity contribution in [2.75, 3.05) is 10.6 Å². The van der Waals surface area contributed by atoms with Crippen LogP contribution in [0.4, 0.5) is 26.2 Å². The number of nitro benzene ring substituents is 1. The number of hydrogen-bond acceptors (Lipinski definition) is 4. The number of rotatable bonds is 4. The Labute approximate surface area is 158 Å². The van der Waals surface area contributed by atoms with Crippen LogP contribution in [0.25, 0.3) is 5.69 Å². The maximum atomic E-state index is 13.4. The summed E-state index contributed by atoms with van der Waals surface area (Å²) in [5.41, 5.74) is 0.00408. The predicted molar refractivity (Wildman–Crippen MR) is 101 cm³/mol. The number of carbonyl (C=O) groups excluding carboxylic acids is 1. The van der Waals surface area contributed by atoms with Crippen LogP contribution in [0.3, 0.4) is 0 Å². The SMILES string of the molecule is Cc1c(NC(=O)Nc2ccc(F)c([N+](=O)[O-])c2)c(=O)n(-c2ccccc2)n1C. The molecule has 3 aromatic rings. The number of carbonyl (C=O) groups is 1. The van der Waals surface area contributed by atoms with E-state index in [1.807, 2.05) is 6.07 Å². The fourth-order valence-electron chi connectivity index (χ4n) is 2.72. The number of benzene rings is 2. The van der Waals surface area contributed by atoms with Crippen molar-refractivity contribution in [3.63, 3.8) is 0 Å². The van der Waals surface area contributed by atoms with Gasteiger partial charge < -0.3 is 10.6 Å². The summed E-state index contributed by atoms with van der Waals surface area (Å²) >= 11 is 0. The van der Waals surface area contributed by atoms with Crippen LogP contribution in [-0.2, 0) is 7.05 Å². The van der Waals surface area contributed by atoms with E-state index in [0.29, 0.717) is 11.4 Å². The molecule has 1 aromatic heterocycles. The molecule has 3 rings (SSSR count). The molecule has 0 aliphatic heterocycles. The zero-order chi connectivity index (χ0) is 20.4. The summed E-state index contributed by atoms with van der Waals surface area (Å²) in [4.78, 5) is 34.9. The van der Waals surface area contributed by atoms with E-state index < -0.39 is 28.0 Å². The lowest BCUT2D eigenvalue weighted by Gasteiger charge is -2.07. The Balaban J connectivity index is 1.87. The lowest BCUT2D eigenvalue weighted by Crippen LogP contribution is -2.25. The van der Waals surface area contributed by atoms with Gasteiger partial charge in [-0.2, -0.15) is 4.39 Å². The summed E-state index contributed by atoms with van der Waals surface area (Å²) in [5, 5.41) is 15.6. The van der Waals surface area contributed by atoms with Crippen molar-refractivity contribution in [2.24, 2.45) is 7.05 Å². The van der Waals surface area contributed by atoms with E-state index >= 15 is 0 Å². The van der Waals surface area contributed by atoms with E-state index in [-0.39, 0.29) is 11.4 Å². The molecule has 28 heavy (non-hydrogen) atoms. The van der Waals surface area contributed by atoms with Crippen molar-refractivity contribution in [1.29, 1.82) is 0 Å². The Kier molecular flexibility index (Phi) is 4.94. The van der Waals surface area contributed by atoms with Gasteiger partial charge in [0.2, 0.25) is 5.82 Å². The molecular formula is C18H16FN5O4. The number of nitrogens with one attached hydrogen (secondary N) is 2. The maximum Gasteiger partial charge on any atom is 0.323 e. The van der Waals surface area contributed by atoms with E-state index in [4.69, 9.17) is 0 Å². The molecule has 0 saturated heterocycles. The second kappa shape index (κ2) is 7.35. The third-order valence-corrected chi connectivity index (χ3v) is 4.19. The number of para-hydroxylation sites is 1.